The zero-order valence-corrected chi connectivity index (χ0v) is 14.9. The highest BCUT2D eigenvalue weighted by atomic mass is 32.2. The summed E-state index contributed by atoms with van der Waals surface area (Å²) in [7, 11) is 0. The number of benzene rings is 1. The van der Waals surface area contributed by atoms with Gasteiger partial charge in [-0.3, -0.25) is 0 Å². The van der Waals surface area contributed by atoms with Gasteiger partial charge in [0, 0.05) is 23.5 Å². The van der Waals surface area contributed by atoms with Crippen LogP contribution in [0.15, 0.2) is 29.2 Å². The summed E-state index contributed by atoms with van der Waals surface area (Å²) in [6.45, 7) is 4.40. The molecule has 2 aliphatic heterocycles. The van der Waals surface area contributed by atoms with E-state index < -0.39 is 0 Å². The first-order chi connectivity index (χ1) is 11.2. The maximum absolute atomic E-state index is 12.3. The van der Waals surface area contributed by atoms with Gasteiger partial charge in [0.25, 0.3) is 0 Å². The van der Waals surface area contributed by atoms with Crippen molar-refractivity contribution in [3.05, 3.63) is 29.8 Å². The topological polar surface area (TPSA) is 44.4 Å². The molecule has 23 heavy (non-hydrogen) atoms. The Kier molecular flexibility index (Phi) is 5.49. The lowest BCUT2D eigenvalue weighted by molar-refractivity contribution is 0.166. The molecular formula is C18H27N3OS. The first-order valence-electron chi connectivity index (χ1n) is 8.60. The van der Waals surface area contributed by atoms with Crippen molar-refractivity contribution in [1.82, 2.24) is 15.5 Å². The Balaban J connectivity index is 1.48. The summed E-state index contributed by atoms with van der Waals surface area (Å²) in [5, 5.41) is 6.24. The highest BCUT2D eigenvalue weighted by molar-refractivity contribution is 7.98. The second-order valence-electron chi connectivity index (χ2n) is 6.67. The third-order valence-electron chi connectivity index (χ3n) is 5.12. The third-order valence-corrected chi connectivity index (χ3v) is 5.86. The molecule has 4 nitrogen and oxygen atoms in total. The molecule has 0 spiro atoms. The van der Waals surface area contributed by atoms with Crippen LogP contribution in [0.25, 0.3) is 0 Å². The average Bonchev–Trinajstić information content (AvgIpc) is 3.02. The van der Waals surface area contributed by atoms with Crippen molar-refractivity contribution in [2.24, 2.45) is 0 Å². The number of carbonyl (C=O) groups is 1. The number of hydrogen-bond acceptors (Lipinski definition) is 3. The van der Waals surface area contributed by atoms with Gasteiger partial charge in [-0.05, 0) is 63.1 Å². The number of hydrogen-bond donors (Lipinski definition) is 2. The zero-order chi connectivity index (χ0) is 16.2. The summed E-state index contributed by atoms with van der Waals surface area (Å²) in [6, 6.07) is 9.38. The third kappa shape index (κ3) is 4.21. The maximum Gasteiger partial charge on any atom is 0.315 e. The van der Waals surface area contributed by atoms with Gasteiger partial charge in [-0.1, -0.05) is 12.1 Å². The molecule has 1 aromatic rings. The maximum atomic E-state index is 12.3. The molecule has 0 bridgehead atoms. The molecule has 0 aromatic heterocycles. The van der Waals surface area contributed by atoms with Crippen LogP contribution in [0.5, 0.6) is 0 Å². The van der Waals surface area contributed by atoms with Crippen LogP contribution >= 0.6 is 11.8 Å². The summed E-state index contributed by atoms with van der Waals surface area (Å²) in [5.41, 5.74) is 1.14. The number of fused-ring (bicyclic) bond motifs is 1. The molecule has 0 radical (unpaired) electrons. The second-order valence-corrected chi connectivity index (χ2v) is 7.55. The Hall–Kier alpha value is -1.20. The minimum Gasteiger partial charge on any atom is -0.335 e. The van der Waals surface area contributed by atoms with Crippen molar-refractivity contribution < 1.29 is 4.79 Å². The van der Waals surface area contributed by atoms with Gasteiger partial charge in [0.2, 0.25) is 0 Å². The summed E-state index contributed by atoms with van der Waals surface area (Å²) in [4.78, 5) is 16.1. The Morgan fingerprint density at radius 1 is 1.26 bits per heavy atom. The highest BCUT2D eigenvalue weighted by Gasteiger charge is 2.32. The molecule has 2 fully saturated rings. The monoisotopic (exact) mass is 333 g/mol. The van der Waals surface area contributed by atoms with Crippen LogP contribution in [0.4, 0.5) is 4.79 Å². The molecule has 126 valence electrons. The summed E-state index contributed by atoms with van der Waals surface area (Å²) in [6.07, 6.45) is 6.84. The van der Waals surface area contributed by atoms with E-state index in [0.29, 0.717) is 12.1 Å². The standard InChI is InChI=1S/C18H27N3OS/c1-13(14-5-7-17(23-2)8-6-14)19-18(22)20-15-9-11-21-10-3-4-16(21)12-15/h5-8,13,15-16H,3-4,9-12H2,1-2H3,(H2,19,20,22)/t13-,15+,16-/m0/s1. The predicted octanol–water partition coefficient (Wildman–Crippen LogP) is 3.40. The van der Waals surface area contributed by atoms with Crippen LogP contribution in [0, 0.1) is 0 Å². The molecule has 2 saturated heterocycles. The van der Waals surface area contributed by atoms with Crippen molar-refractivity contribution in [2.75, 3.05) is 19.3 Å². The molecule has 2 amide bonds. The summed E-state index contributed by atoms with van der Waals surface area (Å²) < 4.78 is 0. The van der Waals surface area contributed by atoms with Gasteiger partial charge in [-0.2, -0.15) is 0 Å². The Morgan fingerprint density at radius 2 is 2.04 bits per heavy atom. The Bertz CT molecular complexity index is 534. The molecule has 2 aliphatic rings. The zero-order valence-electron chi connectivity index (χ0n) is 14.0. The van der Waals surface area contributed by atoms with Crippen LogP contribution in [0.1, 0.15) is 44.2 Å². The average molecular weight is 334 g/mol. The van der Waals surface area contributed by atoms with E-state index in [9.17, 15) is 4.79 Å². The molecule has 2 heterocycles. The van der Waals surface area contributed by atoms with Crippen molar-refractivity contribution in [1.29, 1.82) is 0 Å². The van der Waals surface area contributed by atoms with Crippen molar-refractivity contribution in [3.8, 4) is 0 Å². The van der Waals surface area contributed by atoms with Crippen LogP contribution < -0.4 is 10.6 Å². The normalized spacial score (nSPS) is 25.7. The lowest BCUT2D eigenvalue weighted by atomic mass is 9.98. The van der Waals surface area contributed by atoms with E-state index in [1.807, 2.05) is 6.92 Å². The van der Waals surface area contributed by atoms with E-state index in [1.54, 1.807) is 11.8 Å². The Labute approximate surface area is 143 Å². The number of rotatable bonds is 4. The molecule has 5 heteroatoms. The molecule has 3 atom stereocenters. The fourth-order valence-corrected chi connectivity index (χ4v) is 4.16. The number of nitrogens with one attached hydrogen (secondary N) is 2. The fraction of sp³-hybridized carbons (Fsp3) is 0.611. The van der Waals surface area contributed by atoms with E-state index in [4.69, 9.17) is 0 Å². The van der Waals surface area contributed by atoms with E-state index in [1.165, 1.54) is 24.3 Å². The van der Waals surface area contributed by atoms with Gasteiger partial charge in [0.05, 0.1) is 6.04 Å². The van der Waals surface area contributed by atoms with E-state index in [2.05, 4.69) is 46.1 Å². The molecule has 2 N–H and O–H groups in total. The first kappa shape index (κ1) is 16.7. The quantitative estimate of drug-likeness (QED) is 0.830. The van der Waals surface area contributed by atoms with Gasteiger partial charge >= 0.3 is 6.03 Å². The van der Waals surface area contributed by atoms with Crippen LogP contribution in [0.3, 0.4) is 0 Å². The number of carbonyl (C=O) groups excluding carboxylic acids is 1. The minimum atomic E-state index is -0.0390. The molecule has 0 saturated carbocycles. The van der Waals surface area contributed by atoms with E-state index in [0.717, 1.165) is 24.9 Å². The van der Waals surface area contributed by atoms with Gasteiger partial charge in [0.1, 0.15) is 0 Å². The number of amides is 2. The number of thioether (sulfide) groups is 1. The predicted molar refractivity (Wildman–Crippen MR) is 95.9 cm³/mol. The molecular weight excluding hydrogens is 306 g/mol. The second kappa shape index (κ2) is 7.58. The van der Waals surface area contributed by atoms with E-state index >= 15 is 0 Å². The van der Waals surface area contributed by atoms with Gasteiger partial charge in [0.15, 0.2) is 0 Å². The van der Waals surface area contributed by atoms with Gasteiger partial charge < -0.3 is 15.5 Å². The minimum absolute atomic E-state index is 0.0254. The fourth-order valence-electron chi connectivity index (χ4n) is 3.76. The number of nitrogens with zero attached hydrogens (tertiary/aromatic N) is 1. The summed E-state index contributed by atoms with van der Waals surface area (Å²) in [5.74, 6) is 0. The van der Waals surface area contributed by atoms with Gasteiger partial charge in [-0.15, -0.1) is 11.8 Å². The molecule has 0 aliphatic carbocycles. The van der Waals surface area contributed by atoms with Crippen molar-refractivity contribution in [2.45, 2.75) is 55.6 Å². The molecule has 0 unspecified atom stereocenters. The smallest absolute Gasteiger partial charge is 0.315 e. The Morgan fingerprint density at radius 3 is 2.78 bits per heavy atom. The first-order valence-corrected chi connectivity index (χ1v) is 9.83. The van der Waals surface area contributed by atoms with Crippen LogP contribution in [-0.4, -0.2) is 42.4 Å². The largest absolute Gasteiger partial charge is 0.335 e. The van der Waals surface area contributed by atoms with E-state index in [-0.39, 0.29) is 12.1 Å². The summed E-state index contributed by atoms with van der Waals surface area (Å²) >= 11 is 1.73. The van der Waals surface area contributed by atoms with Crippen molar-refractivity contribution in [3.63, 3.8) is 0 Å². The van der Waals surface area contributed by atoms with Crippen LogP contribution in [0.2, 0.25) is 0 Å². The number of urea groups is 1. The van der Waals surface area contributed by atoms with Gasteiger partial charge in [-0.25, -0.2) is 4.79 Å². The number of piperidine rings is 1. The lowest BCUT2D eigenvalue weighted by Gasteiger charge is -2.35. The van der Waals surface area contributed by atoms with Crippen molar-refractivity contribution >= 4 is 17.8 Å². The van der Waals surface area contributed by atoms with Crippen LogP contribution in [-0.2, 0) is 0 Å². The lowest BCUT2D eigenvalue weighted by Crippen LogP contribution is -2.50. The SMILES string of the molecule is CSc1ccc([C@H](C)NC(=O)N[C@@H]2CCN3CCC[C@H]3C2)cc1. The molecule has 3 rings (SSSR count). The highest BCUT2D eigenvalue weighted by Crippen LogP contribution is 2.26. The molecule has 1 aromatic carbocycles.